The molecule has 0 spiro atoms. The molecule has 0 bridgehead atoms. The van der Waals surface area contributed by atoms with E-state index in [0.717, 1.165) is 6.42 Å². The third-order valence-corrected chi connectivity index (χ3v) is 0.991. The Labute approximate surface area is 45.9 Å². The molecule has 0 amide bonds. The van der Waals surface area contributed by atoms with Crippen molar-refractivity contribution in [2.45, 2.75) is 39.2 Å². The van der Waals surface area contributed by atoms with Gasteiger partial charge in [-0.1, -0.05) is 19.8 Å². The molecule has 1 unspecified atom stereocenters. The van der Waals surface area contributed by atoms with Gasteiger partial charge >= 0.3 is 0 Å². The largest absolute Gasteiger partial charge is 0.255 e. The van der Waals surface area contributed by atoms with Gasteiger partial charge in [0, 0.05) is 6.04 Å². The van der Waals surface area contributed by atoms with Crippen LogP contribution >= 0.6 is 0 Å². The lowest BCUT2D eigenvalue weighted by molar-refractivity contribution is 0.602. The van der Waals surface area contributed by atoms with Gasteiger partial charge in [0.15, 0.2) is 0 Å². The van der Waals surface area contributed by atoms with E-state index in [1.165, 1.54) is 12.8 Å². The van der Waals surface area contributed by atoms with Crippen molar-refractivity contribution in [1.82, 2.24) is 5.73 Å². The van der Waals surface area contributed by atoms with Gasteiger partial charge < -0.3 is 0 Å². The minimum Gasteiger partial charge on any atom is -0.255 e. The van der Waals surface area contributed by atoms with E-state index in [1.807, 2.05) is 6.92 Å². The van der Waals surface area contributed by atoms with Gasteiger partial charge in [-0.3, -0.25) is 5.73 Å². The third kappa shape index (κ3) is 5.96. The first-order valence-corrected chi connectivity index (χ1v) is 2.98. The van der Waals surface area contributed by atoms with E-state index in [0.29, 0.717) is 0 Å². The summed E-state index contributed by atoms with van der Waals surface area (Å²) in [6, 6.07) is 0.153. The normalized spacial score (nSPS) is 14.1. The molecule has 0 heterocycles. The molecule has 0 saturated carbocycles. The van der Waals surface area contributed by atoms with Crippen molar-refractivity contribution in [1.29, 1.82) is 0 Å². The summed E-state index contributed by atoms with van der Waals surface area (Å²) in [7, 11) is 0. The fourth-order valence-electron chi connectivity index (χ4n) is 0.510. The Morgan fingerprint density at radius 3 is 2.29 bits per heavy atom. The van der Waals surface area contributed by atoms with Crippen LogP contribution in [0.3, 0.4) is 0 Å². The number of rotatable bonds is 3. The summed E-state index contributed by atoms with van der Waals surface area (Å²) in [6.07, 6.45) is 3.50. The predicted octanol–water partition coefficient (Wildman–Crippen LogP) is 1.85. The van der Waals surface area contributed by atoms with E-state index in [9.17, 15) is 0 Å². The Kier molecular flexibility index (Phi) is 4.10. The minimum absolute atomic E-state index is 0.153. The summed E-state index contributed by atoms with van der Waals surface area (Å²) in [5, 5.41) is 0. The molecule has 43 valence electrons. The summed E-state index contributed by atoms with van der Waals surface area (Å²) >= 11 is 0. The van der Waals surface area contributed by atoms with Crippen molar-refractivity contribution in [2.75, 3.05) is 0 Å². The Balaban J connectivity index is 2.68. The first-order valence-electron chi connectivity index (χ1n) is 2.98. The molecule has 0 aliphatic heterocycles. The van der Waals surface area contributed by atoms with Crippen molar-refractivity contribution in [3.63, 3.8) is 0 Å². The number of hydrogen-bond acceptors (Lipinski definition) is 0. The fourth-order valence-corrected chi connectivity index (χ4v) is 0.510. The molecular weight excluding hydrogens is 86.1 g/mol. The lowest BCUT2D eigenvalue weighted by atomic mass is 10.2. The number of unbranched alkanes of at least 4 members (excludes halogenated alkanes) is 1. The van der Waals surface area contributed by atoms with E-state index in [2.05, 4.69) is 6.92 Å². The molecule has 0 rings (SSSR count). The first-order chi connectivity index (χ1) is 3.27. The van der Waals surface area contributed by atoms with Crippen LogP contribution in [0, 0.1) is 0 Å². The third-order valence-electron chi connectivity index (χ3n) is 0.991. The predicted molar refractivity (Wildman–Crippen MR) is 32.1 cm³/mol. The zero-order valence-corrected chi connectivity index (χ0v) is 5.20. The second-order valence-corrected chi connectivity index (χ2v) is 2.04. The molecule has 0 aliphatic rings. The molecule has 1 radical (unpaired) electrons. The van der Waals surface area contributed by atoms with Crippen LogP contribution in [0.25, 0.3) is 0 Å². The topological polar surface area (TPSA) is 23.8 Å². The summed E-state index contributed by atoms with van der Waals surface area (Å²) in [6.45, 7) is 4.10. The average molecular weight is 100 g/mol. The molecule has 7 heavy (non-hydrogen) atoms. The maximum Gasteiger partial charge on any atom is 0.0184 e. The molecule has 0 aromatic heterocycles. The molecular formula is C6H14N. The lowest BCUT2D eigenvalue weighted by Gasteiger charge is -1.98. The standard InChI is InChI=1S/C6H14N/c1-3-4-5-6(2)7/h6-7H,3-5H2,1-2H3. The van der Waals surface area contributed by atoms with E-state index >= 15 is 0 Å². The van der Waals surface area contributed by atoms with Crippen molar-refractivity contribution < 1.29 is 0 Å². The van der Waals surface area contributed by atoms with Crippen molar-refractivity contribution in [3.05, 3.63) is 0 Å². The highest BCUT2D eigenvalue weighted by Crippen LogP contribution is 1.96. The maximum atomic E-state index is 7.08. The molecule has 0 aliphatic carbocycles. The molecule has 0 fully saturated rings. The Morgan fingerprint density at radius 1 is 1.57 bits per heavy atom. The van der Waals surface area contributed by atoms with E-state index < -0.39 is 0 Å². The minimum atomic E-state index is 0.153. The molecule has 1 nitrogen and oxygen atoms in total. The van der Waals surface area contributed by atoms with Crippen LogP contribution in [0.1, 0.15) is 33.1 Å². The molecule has 1 N–H and O–H groups in total. The highest BCUT2D eigenvalue weighted by molar-refractivity contribution is 4.49. The van der Waals surface area contributed by atoms with Gasteiger partial charge in [0.2, 0.25) is 0 Å². The van der Waals surface area contributed by atoms with Crippen molar-refractivity contribution >= 4 is 0 Å². The highest BCUT2D eigenvalue weighted by atomic mass is 14.6. The zero-order valence-electron chi connectivity index (χ0n) is 5.20. The zero-order chi connectivity index (χ0) is 5.70. The molecule has 0 aromatic rings. The van der Waals surface area contributed by atoms with Gasteiger partial charge in [-0.2, -0.15) is 0 Å². The van der Waals surface area contributed by atoms with Gasteiger partial charge in [0.25, 0.3) is 0 Å². The highest BCUT2D eigenvalue weighted by Gasteiger charge is 1.89. The Hall–Kier alpha value is -0.0400. The summed E-state index contributed by atoms with van der Waals surface area (Å²) in [5.41, 5.74) is 7.08. The molecule has 0 saturated heterocycles. The quantitative estimate of drug-likeness (QED) is 0.517. The molecule has 1 atom stereocenters. The van der Waals surface area contributed by atoms with Gasteiger partial charge in [-0.05, 0) is 13.3 Å². The average Bonchev–Trinajstić information content (AvgIpc) is 1.61. The molecule has 1 heteroatoms. The summed E-state index contributed by atoms with van der Waals surface area (Å²) < 4.78 is 0. The van der Waals surface area contributed by atoms with Crippen LogP contribution in [0.4, 0.5) is 0 Å². The van der Waals surface area contributed by atoms with Crippen molar-refractivity contribution in [3.8, 4) is 0 Å². The van der Waals surface area contributed by atoms with Gasteiger partial charge in [-0.15, -0.1) is 0 Å². The van der Waals surface area contributed by atoms with E-state index in [1.54, 1.807) is 0 Å². The number of hydrogen-bond donors (Lipinski definition) is 0. The van der Waals surface area contributed by atoms with Gasteiger partial charge in [0.1, 0.15) is 0 Å². The monoisotopic (exact) mass is 100 g/mol. The van der Waals surface area contributed by atoms with Gasteiger partial charge in [-0.25, -0.2) is 0 Å². The fraction of sp³-hybridized carbons (Fsp3) is 1.00. The Bertz CT molecular complexity index is 33.2. The summed E-state index contributed by atoms with van der Waals surface area (Å²) in [4.78, 5) is 0. The maximum absolute atomic E-state index is 7.08. The van der Waals surface area contributed by atoms with Gasteiger partial charge in [0.05, 0.1) is 0 Å². The SMILES string of the molecule is CCCCC(C)[NH]. The summed E-state index contributed by atoms with van der Waals surface area (Å²) in [5.74, 6) is 0. The second kappa shape index (κ2) is 4.13. The van der Waals surface area contributed by atoms with Crippen LogP contribution in [0.5, 0.6) is 0 Å². The second-order valence-electron chi connectivity index (χ2n) is 2.04. The van der Waals surface area contributed by atoms with Crippen molar-refractivity contribution in [2.24, 2.45) is 0 Å². The van der Waals surface area contributed by atoms with Crippen LogP contribution < -0.4 is 5.73 Å². The first kappa shape index (κ1) is 6.96. The smallest absolute Gasteiger partial charge is 0.0184 e. The van der Waals surface area contributed by atoms with Crippen LogP contribution in [0.2, 0.25) is 0 Å². The van der Waals surface area contributed by atoms with Crippen LogP contribution in [-0.4, -0.2) is 6.04 Å². The Morgan fingerprint density at radius 2 is 2.14 bits per heavy atom. The number of nitrogens with one attached hydrogen (secondary N) is 1. The molecule has 0 aromatic carbocycles. The van der Waals surface area contributed by atoms with Crippen LogP contribution in [-0.2, 0) is 0 Å². The van der Waals surface area contributed by atoms with E-state index in [-0.39, 0.29) is 6.04 Å². The van der Waals surface area contributed by atoms with Crippen LogP contribution in [0.15, 0.2) is 0 Å². The lowest BCUT2D eigenvalue weighted by Crippen LogP contribution is -2.00. The van der Waals surface area contributed by atoms with E-state index in [4.69, 9.17) is 5.73 Å².